The molecule has 0 spiro atoms. The normalized spacial score (nSPS) is 19.9. The van der Waals surface area contributed by atoms with Crippen LogP contribution in [0.3, 0.4) is 0 Å². The lowest BCUT2D eigenvalue weighted by Crippen LogP contribution is -2.29. The van der Waals surface area contributed by atoms with Gasteiger partial charge in [0.2, 0.25) is 0 Å². The van der Waals surface area contributed by atoms with E-state index in [4.69, 9.17) is 4.74 Å². The van der Waals surface area contributed by atoms with Gasteiger partial charge in [-0.15, -0.1) is 0 Å². The van der Waals surface area contributed by atoms with Gasteiger partial charge in [-0.05, 0) is 85.2 Å². The van der Waals surface area contributed by atoms with Crippen LogP contribution in [0.15, 0.2) is 103 Å². The summed E-state index contributed by atoms with van der Waals surface area (Å²) in [7, 11) is 0. The summed E-state index contributed by atoms with van der Waals surface area (Å²) in [6, 6.07) is 33.5. The number of rotatable bonds is 7. The molecule has 5 aromatic rings. The third kappa shape index (κ3) is 3.98. The Morgan fingerprint density at radius 1 is 0.868 bits per heavy atom. The smallest absolute Gasteiger partial charge is 0.119 e. The van der Waals surface area contributed by atoms with E-state index in [2.05, 4.69) is 120 Å². The van der Waals surface area contributed by atoms with Gasteiger partial charge in [-0.2, -0.15) is 0 Å². The average molecular weight is 499 g/mol. The van der Waals surface area contributed by atoms with E-state index in [0.717, 1.165) is 38.2 Å². The van der Waals surface area contributed by atoms with Gasteiger partial charge in [-0.1, -0.05) is 66.7 Å². The molecule has 2 heterocycles. The van der Waals surface area contributed by atoms with Crippen LogP contribution in [0.2, 0.25) is 0 Å². The van der Waals surface area contributed by atoms with Gasteiger partial charge in [0.25, 0.3) is 0 Å². The molecule has 1 aromatic heterocycles. The largest absolute Gasteiger partial charge is 0.494 e. The number of anilines is 1. The first-order chi connectivity index (χ1) is 18.8. The van der Waals surface area contributed by atoms with Crippen LogP contribution in [0.5, 0.6) is 5.75 Å². The van der Waals surface area contributed by atoms with Crippen molar-refractivity contribution < 1.29 is 4.74 Å². The second-order valence-electron chi connectivity index (χ2n) is 10.7. The molecular weight excluding hydrogens is 464 g/mol. The van der Waals surface area contributed by atoms with E-state index < -0.39 is 0 Å². The summed E-state index contributed by atoms with van der Waals surface area (Å²) in [5.41, 5.74) is 7.99. The van der Waals surface area contributed by atoms with Gasteiger partial charge in [0.15, 0.2) is 0 Å². The van der Waals surface area contributed by atoms with E-state index in [1.165, 1.54) is 44.2 Å². The van der Waals surface area contributed by atoms with Crippen LogP contribution in [0.1, 0.15) is 48.4 Å². The predicted octanol–water partition coefficient (Wildman–Crippen LogP) is 8.65. The minimum Gasteiger partial charge on any atom is -0.494 e. The molecule has 3 nitrogen and oxygen atoms in total. The molecule has 1 aliphatic carbocycles. The summed E-state index contributed by atoms with van der Waals surface area (Å²) in [4.78, 5) is 0. The highest BCUT2D eigenvalue weighted by molar-refractivity contribution is 6.08. The number of hydrogen-bond acceptors (Lipinski definition) is 2. The van der Waals surface area contributed by atoms with E-state index in [1.807, 2.05) is 0 Å². The number of para-hydroxylation sites is 1. The Balaban J connectivity index is 1.15. The van der Waals surface area contributed by atoms with Crippen LogP contribution in [-0.4, -0.2) is 11.2 Å². The molecule has 1 aliphatic heterocycles. The Kier molecular flexibility index (Phi) is 5.92. The summed E-state index contributed by atoms with van der Waals surface area (Å²) in [6.07, 6.45) is 7.94. The van der Waals surface area contributed by atoms with Gasteiger partial charge in [-0.3, -0.25) is 0 Å². The first-order valence-electron chi connectivity index (χ1n) is 14.0. The molecular formula is C35H34N2O. The van der Waals surface area contributed by atoms with Gasteiger partial charge >= 0.3 is 0 Å². The maximum atomic E-state index is 6.20. The first kappa shape index (κ1) is 23.2. The van der Waals surface area contributed by atoms with Crippen molar-refractivity contribution in [1.82, 2.24) is 4.57 Å². The van der Waals surface area contributed by atoms with E-state index in [-0.39, 0.29) is 6.04 Å². The van der Waals surface area contributed by atoms with Crippen molar-refractivity contribution >= 4 is 27.5 Å². The second kappa shape index (κ2) is 9.72. The van der Waals surface area contributed by atoms with Crippen molar-refractivity contribution in [2.24, 2.45) is 5.92 Å². The summed E-state index contributed by atoms with van der Waals surface area (Å²) < 4.78 is 8.63. The predicted molar refractivity (Wildman–Crippen MR) is 158 cm³/mol. The zero-order valence-corrected chi connectivity index (χ0v) is 21.9. The molecule has 3 unspecified atom stereocenters. The molecule has 0 radical (unpaired) electrons. The van der Waals surface area contributed by atoms with Crippen LogP contribution in [0, 0.1) is 5.92 Å². The van der Waals surface area contributed by atoms with Crippen molar-refractivity contribution in [3.05, 3.63) is 120 Å². The number of allylic oxidation sites excluding steroid dienone is 2. The van der Waals surface area contributed by atoms with E-state index in [0.29, 0.717) is 11.8 Å². The number of nitrogens with zero attached hydrogens (tertiary/aromatic N) is 1. The Bertz CT molecular complexity index is 1630. The van der Waals surface area contributed by atoms with Crippen LogP contribution in [-0.2, 0) is 13.0 Å². The molecule has 4 aromatic carbocycles. The monoisotopic (exact) mass is 498 g/mol. The molecule has 0 bridgehead atoms. The molecule has 0 saturated heterocycles. The van der Waals surface area contributed by atoms with E-state index in [1.54, 1.807) is 0 Å². The maximum absolute atomic E-state index is 6.20. The first-order valence-corrected chi connectivity index (χ1v) is 14.0. The second-order valence-corrected chi connectivity index (χ2v) is 10.7. The third-order valence-corrected chi connectivity index (χ3v) is 8.53. The van der Waals surface area contributed by atoms with Crippen molar-refractivity contribution in [3.8, 4) is 5.75 Å². The minimum absolute atomic E-state index is 0.285. The van der Waals surface area contributed by atoms with Crippen molar-refractivity contribution in [1.29, 1.82) is 0 Å². The summed E-state index contributed by atoms with van der Waals surface area (Å²) in [6.45, 7) is 3.94. The minimum atomic E-state index is 0.285. The highest BCUT2D eigenvalue weighted by Crippen LogP contribution is 2.51. The lowest BCUT2D eigenvalue weighted by molar-refractivity contribution is 0.310. The van der Waals surface area contributed by atoms with Crippen LogP contribution < -0.4 is 10.1 Å². The zero-order valence-electron chi connectivity index (χ0n) is 21.9. The molecule has 0 amide bonds. The molecule has 0 saturated carbocycles. The Morgan fingerprint density at radius 3 is 2.61 bits per heavy atom. The van der Waals surface area contributed by atoms with Crippen LogP contribution in [0.4, 0.5) is 5.69 Å². The van der Waals surface area contributed by atoms with E-state index >= 15 is 0 Å². The Labute approximate surface area is 224 Å². The van der Waals surface area contributed by atoms with Gasteiger partial charge in [0.1, 0.15) is 5.75 Å². The fourth-order valence-corrected chi connectivity index (χ4v) is 6.71. The number of aryl methyl sites for hydroxylation is 2. The lowest BCUT2D eigenvalue weighted by Gasteiger charge is -2.37. The standard InChI is InChI=1S/C35H34N2O/c1-2-37-33-16-7-6-13-28(33)31-22-25(17-20-34(31)37)35-29-15-8-14-27(29)30-23-26(18-19-32(30)36-35)38-21-9-12-24-10-4-3-5-11-24/h3-8,10-11,13-14,16-20,22-23,27,29,35-36H,2,9,12,15,21H2,1H3. The Hall–Kier alpha value is -3.98. The van der Waals surface area contributed by atoms with Crippen molar-refractivity contribution in [3.63, 3.8) is 0 Å². The lowest BCUT2D eigenvalue weighted by atomic mass is 9.77. The molecule has 1 N–H and O–H groups in total. The number of nitrogens with one attached hydrogen (secondary N) is 1. The van der Waals surface area contributed by atoms with Crippen molar-refractivity contribution in [2.45, 2.75) is 44.7 Å². The molecule has 0 fully saturated rings. The zero-order chi connectivity index (χ0) is 25.5. The molecule has 3 heteroatoms. The van der Waals surface area contributed by atoms with Crippen molar-refractivity contribution in [2.75, 3.05) is 11.9 Å². The maximum Gasteiger partial charge on any atom is 0.119 e. The molecule has 2 aliphatic rings. The summed E-state index contributed by atoms with van der Waals surface area (Å²) in [5.74, 6) is 1.90. The SMILES string of the molecule is CCn1c2ccccc2c2cc(C3Nc4ccc(OCCCc5ccccc5)cc4C4C=CCC43)ccc21. The summed E-state index contributed by atoms with van der Waals surface area (Å²) in [5, 5.41) is 6.63. The fourth-order valence-electron chi connectivity index (χ4n) is 6.71. The molecule has 38 heavy (non-hydrogen) atoms. The average Bonchev–Trinajstić information content (AvgIpc) is 3.58. The number of hydrogen-bond donors (Lipinski definition) is 1. The van der Waals surface area contributed by atoms with Gasteiger partial charge in [-0.25, -0.2) is 0 Å². The molecule has 190 valence electrons. The van der Waals surface area contributed by atoms with Crippen LogP contribution >= 0.6 is 0 Å². The molecule has 7 rings (SSSR count). The number of fused-ring (bicyclic) bond motifs is 6. The summed E-state index contributed by atoms with van der Waals surface area (Å²) >= 11 is 0. The van der Waals surface area contributed by atoms with Crippen LogP contribution in [0.25, 0.3) is 21.8 Å². The quantitative estimate of drug-likeness (QED) is 0.179. The number of aromatic nitrogens is 1. The topological polar surface area (TPSA) is 26.2 Å². The highest BCUT2D eigenvalue weighted by Gasteiger charge is 2.38. The highest BCUT2D eigenvalue weighted by atomic mass is 16.5. The Morgan fingerprint density at radius 2 is 1.71 bits per heavy atom. The van der Waals surface area contributed by atoms with Gasteiger partial charge < -0.3 is 14.6 Å². The molecule has 3 atom stereocenters. The van der Waals surface area contributed by atoms with E-state index in [9.17, 15) is 0 Å². The number of ether oxygens (including phenoxy) is 1. The third-order valence-electron chi connectivity index (χ3n) is 8.53. The van der Waals surface area contributed by atoms with Gasteiger partial charge in [0, 0.05) is 40.0 Å². The van der Waals surface area contributed by atoms with Gasteiger partial charge in [0.05, 0.1) is 12.6 Å². The number of benzene rings is 4. The fraction of sp³-hybridized carbons (Fsp3) is 0.257.